The maximum Gasteiger partial charge on any atom is 0.221 e. The van der Waals surface area contributed by atoms with Crippen LogP contribution in [0.15, 0.2) is 61.1 Å². The predicted molar refractivity (Wildman–Crippen MR) is 121 cm³/mol. The number of hydrogen-bond donors (Lipinski definition) is 1. The molecular formula is C24H27FN4O2S. The van der Waals surface area contributed by atoms with E-state index in [0.29, 0.717) is 18.5 Å². The van der Waals surface area contributed by atoms with Gasteiger partial charge in [-0.25, -0.2) is 17.8 Å². The molecule has 0 saturated carbocycles. The average molecular weight is 455 g/mol. The third kappa shape index (κ3) is 3.76. The minimum absolute atomic E-state index is 0.0371. The summed E-state index contributed by atoms with van der Waals surface area (Å²) in [4.78, 5) is 4.21. The number of nitrogens with zero attached hydrogens (tertiary/aromatic N) is 3. The SMILES string of the molecule is C[C@H]1CCC(c2ccccc2)S(=O)(=O)N1Cc1ccc(C2CNCc3cncn32)cc1F. The van der Waals surface area contributed by atoms with Gasteiger partial charge in [0.2, 0.25) is 10.0 Å². The Morgan fingerprint density at radius 3 is 2.72 bits per heavy atom. The molecule has 1 N–H and O–H groups in total. The molecule has 1 saturated heterocycles. The molecule has 0 bridgehead atoms. The molecule has 2 aromatic carbocycles. The molecule has 1 fully saturated rings. The Kier molecular flexibility index (Phi) is 5.61. The number of rotatable bonds is 4. The van der Waals surface area contributed by atoms with Crippen LogP contribution in [-0.2, 0) is 23.1 Å². The first kappa shape index (κ1) is 21.3. The van der Waals surface area contributed by atoms with E-state index in [1.54, 1.807) is 12.4 Å². The molecule has 6 nitrogen and oxygen atoms in total. The first-order chi connectivity index (χ1) is 15.4. The maximum atomic E-state index is 15.2. The van der Waals surface area contributed by atoms with Crippen LogP contribution in [0.1, 0.15) is 53.4 Å². The molecular weight excluding hydrogens is 427 g/mol. The lowest BCUT2D eigenvalue weighted by molar-refractivity contribution is 0.279. The highest BCUT2D eigenvalue weighted by molar-refractivity contribution is 7.89. The lowest BCUT2D eigenvalue weighted by Crippen LogP contribution is -2.44. The van der Waals surface area contributed by atoms with Crippen LogP contribution in [0.5, 0.6) is 0 Å². The summed E-state index contributed by atoms with van der Waals surface area (Å²) in [6.45, 7) is 3.38. The summed E-state index contributed by atoms with van der Waals surface area (Å²) in [5, 5.41) is 2.75. The number of fused-ring (bicyclic) bond motifs is 1. The van der Waals surface area contributed by atoms with E-state index in [2.05, 4.69) is 14.9 Å². The largest absolute Gasteiger partial charge is 0.325 e. The van der Waals surface area contributed by atoms with E-state index in [0.717, 1.165) is 29.8 Å². The molecule has 5 rings (SSSR count). The molecule has 3 aromatic rings. The minimum Gasteiger partial charge on any atom is -0.325 e. The third-order valence-corrected chi connectivity index (χ3v) is 9.08. The minimum atomic E-state index is -3.60. The van der Waals surface area contributed by atoms with Crippen molar-refractivity contribution in [3.05, 3.63) is 89.3 Å². The zero-order valence-corrected chi connectivity index (χ0v) is 18.8. The van der Waals surface area contributed by atoms with Gasteiger partial charge < -0.3 is 9.88 Å². The van der Waals surface area contributed by atoms with Gasteiger partial charge in [0.1, 0.15) is 11.1 Å². The Morgan fingerprint density at radius 2 is 1.94 bits per heavy atom. The molecule has 32 heavy (non-hydrogen) atoms. The topological polar surface area (TPSA) is 67.2 Å². The number of imidazole rings is 1. The van der Waals surface area contributed by atoms with E-state index >= 15 is 4.39 Å². The van der Waals surface area contributed by atoms with Crippen LogP contribution < -0.4 is 5.32 Å². The average Bonchev–Trinajstić information content (AvgIpc) is 3.27. The van der Waals surface area contributed by atoms with Crippen LogP contribution >= 0.6 is 0 Å². The zero-order chi connectivity index (χ0) is 22.3. The molecule has 0 amide bonds. The van der Waals surface area contributed by atoms with E-state index in [4.69, 9.17) is 0 Å². The Morgan fingerprint density at radius 1 is 1.12 bits per heavy atom. The maximum absolute atomic E-state index is 15.2. The second kappa shape index (κ2) is 8.42. The summed E-state index contributed by atoms with van der Waals surface area (Å²) in [6.07, 6.45) is 4.91. The van der Waals surface area contributed by atoms with Crippen molar-refractivity contribution in [2.75, 3.05) is 6.54 Å². The van der Waals surface area contributed by atoms with Gasteiger partial charge in [-0.05, 0) is 37.0 Å². The highest BCUT2D eigenvalue weighted by atomic mass is 32.2. The number of sulfonamides is 1. The number of nitrogens with one attached hydrogen (secondary N) is 1. The fraction of sp³-hybridized carbons (Fsp3) is 0.375. The summed E-state index contributed by atoms with van der Waals surface area (Å²) in [5.74, 6) is -0.376. The first-order valence-electron chi connectivity index (χ1n) is 11.0. The predicted octanol–water partition coefficient (Wildman–Crippen LogP) is 3.77. The van der Waals surface area contributed by atoms with Gasteiger partial charge >= 0.3 is 0 Å². The standard InChI is InChI=1S/C24H27FN4O2S/c1-17-7-10-24(18-5-3-2-4-6-18)32(30,31)29(17)15-20-9-8-19(11-22(20)25)23-14-26-12-21-13-27-16-28(21)23/h2-6,8-9,11,13,16-17,23-24,26H,7,10,12,14-15H2,1H3/t17-,23?,24?/m0/s1. The molecule has 3 atom stereocenters. The van der Waals surface area contributed by atoms with Crippen molar-refractivity contribution in [3.8, 4) is 0 Å². The summed E-state index contributed by atoms with van der Waals surface area (Å²) >= 11 is 0. The molecule has 0 aliphatic carbocycles. The van der Waals surface area contributed by atoms with Gasteiger partial charge in [0.05, 0.1) is 18.1 Å². The fourth-order valence-electron chi connectivity index (χ4n) is 4.88. The normalized spacial score (nSPS) is 25.4. The summed E-state index contributed by atoms with van der Waals surface area (Å²) in [7, 11) is -3.60. The quantitative estimate of drug-likeness (QED) is 0.652. The lowest BCUT2D eigenvalue weighted by atomic mass is 10.0. The number of aromatic nitrogens is 2. The summed E-state index contributed by atoms with van der Waals surface area (Å²) in [5.41, 5.74) is 3.09. The van der Waals surface area contributed by atoms with Crippen LogP contribution in [-0.4, -0.2) is 34.9 Å². The van der Waals surface area contributed by atoms with Crippen molar-refractivity contribution in [1.82, 2.24) is 19.2 Å². The number of benzene rings is 2. The van der Waals surface area contributed by atoms with E-state index < -0.39 is 15.3 Å². The van der Waals surface area contributed by atoms with Crippen LogP contribution in [0.3, 0.4) is 0 Å². The fourth-order valence-corrected chi connectivity index (χ4v) is 7.07. The van der Waals surface area contributed by atoms with Gasteiger partial charge in [-0.15, -0.1) is 0 Å². The molecule has 0 radical (unpaired) electrons. The number of halogens is 1. The molecule has 1 aromatic heterocycles. The van der Waals surface area contributed by atoms with Crippen molar-refractivity contribution < 1.29 is 12.8 Å². The summed E-state index contributed by atoms with van der Waals surface area (Å²) in [6, 6.07) is 14.3. The molecule has 2 unspecified atom stereocenters. The van der Waals surface area contributed by atoms with Crippen LogP contribution in [0, 0.1) is 5.82 Å². The van der Waals surface area contributed by atoms with Crippen LogP contribution in [0.2, 0.25) is 0 Å². The van der Waals surface area contributed by atoms with Gasteiger partial charge in [0, 0.05) is 37.4 Å². The third-order valence-electron chi connectivity index (χ3n) is 6.71. The second-order valence-corrected chi connectivity index (χ2v) is 10.8. The Hall–Kier alpha value is -2.55. The van der Waals surface area contributed by atoms with Crippen LogP contribution in [0.25, 0.3) is 0 Å². The van der Waals surface area contributed by atoms with Gasteiger partial charge in [0.25, 0.3) is 0 Å². The van der Waals surface area contributed by atoms with Crippen molar-refractivity contribution in [2.24, 2.45) is 0 Å². The smallest absolute Gasteiger partial charge is 0.221 e. The second-order valence-electron chi connectivity index (χ2n) is 8.71. The summed E-state index contributed by atoms with van der Waals surface area (Å²) < 4.78 is 45.6. The zero-order valence-electron chi connectivity index (χ0n) is 18.0. The van der Waals surface area contributed by atoms with E-state index in [1.807, 2.05) is 49.5 Å². The highest BCUT2D eigenvalue weighted by Crippen LogP contribution is 2.38. The van der Waals surface area contributed by atoms with Crippen molar-refractivity contribution in [2.45, 2.75) is 50.2 Å². The van der Waals surface area contributed by atoms with Crippen molar-refractivity contribution in [3.63, 3.8) is 0 Å². The highest BCUT2D eigenvalue weighted by Gasteiger charge is 2.40. The van der Waals surface area contributed by atoms with E-state index in [-0.39, 0.29) is 24.4 Å². The Bertz CT molecular complexity index is 1210. The molecule has 168 valence electrons. The molecule has 8 heteroatoms. The number of hydrogen-bond acceptors (Lipinski definition) is 4. The molecule has 2 aliphatic rings. The van der Waals surface area contributed by atoms with E-state index in [1.165, 1.54) is 10.4 Å². The van der Waals surface area contributed by atoms with E-state index in [9.17, 15) is 8.42 Å². The monoisotopic (exact) mass is 454 g/mol. The molecule has 0 spiro atoms. The molecule has 2 aliphatic heterocycles. The van der Waals surface area contributed by atoms with Gasteiger partial charge in [-0.2, -0.15) is 4.31 Å². The van der Waals surface area contributed by atoms with Gasteiger partial charge in [0.15, 0.2) is 0 Å². The first-order valence-corrected chi connectivity index (χ1v) is 12.5. The van der Waals surface area contributed by atoms with Crippen molar-refractivity contribution in [1.29, 1.82) is 0 Å². The molecule has 3 heterocycles. The van der Waals surface area contributed by atoms with Gasteiger partial charge in [-0.1, -0.05) is 42.5 Å². The Balaban J connectivity index is 1.41. The lowest BCUT2D eigenvalue weighted by Gasteiger charge is -2.37. The van der Waals surface area contributed by atoms with Gasteiger partial charge in [-0.3, -0.25) is 0 Å². The van der Waals surface area contributed by atoms with Crippen molar-refractivity contribution >= 4 is 10.0 Å². The Labute approximate surface area is 188 Å². The van der Waals surface area contributed by atoms with Crippen LogP contribution in [0.4, 0.5) is 4.39 Å².